The highest BCUT2D eigenvalue weighted by Crippen LogP contribution is 2.37. The van der Waals surface area contributed by atoms with E-state index in [9.17, 15) is 4.79 Å². The van der Waals surface area contributed by atoms with Gasteiger partial charge in [-0.2, -0.15) is 0 Å². The van der Waals surface area contributed by atoms with E-state index >= 15 is 0 Å². The number of rotatable bonds is 26. The molecule has 0 aromatic heterocycles. The summed E-state index contributed by atoms with van der Waals surface area (Å²) in [5, 5.41) is 0. The van der Waals surface area contributed by atoms with Crippen LogP contribution in [-0.2, 0) is 52.2 Å². The minimum Gasteiger partial charge on any atom is -0.454 e. The zero-order valence-corrected chi connectivity index (χ0v) is 34.1. The maximum atomic E-state index is 12.6. The molecule has 2 N–H and O–H groups in total. The lowest BCUT2D eigenvalue weighted by Gasteiger charge is -2.50. The smallest absolute Gasteiger partial charge is 0.303 e. The first-order chi connectivity index (χ1) is 24.4. The van der Waals surface area contributed by atoms with Crippen LogP contribution < -0.4 is 5.73 Å². The molecule has 2 aliphatic heterocycles. The van der Waals surface area contributed by atoms with Crippen LogP contribution in [0.3, 0.4) is 0 Å². The molecule has 0 aromatic carbocycles. The van der Waals surface area contributed by atoms with E-state index in [1.807, 2.05) is 6.92 Å². The topological polar surface area (TPSA) is 135 Å². The molecule has 0 amide bonds. The summed E-state index contributed by atoms with van der Waals surface area (Å²) in [6.45, 7) is 16.3. The summed E-state index contributed by atoms with van der Waals surface area (Å²) in [4.78, 5) is 12.6. The van der Waals surface area contributed by atoms with E-state index in [1.165, 1.54) is 6.92 Å². The zero-order valence-electron chi connectivity index (χ0n) is 31.9. The Morgan fingerprint density at radius 3 is 1.67 bits per heavy atom. The Bertz CT molecular complexity index is 920. The van der Waals surface area contributed by atoms with Crippen molar-refractivity contribution in [3.05, 3.63) is 0 Å². The van der Waals surface area contributed by atoms with Gasteiger partial charge in [-0.3, -0.25) is 4.79 Å². The van der Waals surface area contributed by atoms with E-state index in [2.05, 4.69) is 34.6 Å². The van der Waals surface area contributed by atoms with E-state index < -0.39 is 77.4 Å². The Kier molecular flexibility index (Phi) is 23.9. The number of ether oxygens (including phenoxy) is 10. The fourth-order valence-corrected chi connectivity index (χ4v) is 5.91. The molecule has 0 aromatic rings. The molecule has 2 aliphatic rings. The number of halogens is 3. The van der Waals surface area contributed by atoms with Crippen LogP contribution in [0.25, 0.3) is 0 Å². The largest absolute Gasteiger partial charge is 0.454 e. The van der Waals surface area contributed by atoms with Crippen molar-refractivity contribution in [3.8, 4) is 0 Å². The molecule has 0 spiro atoms. The van der Waals surface area contributed by atoms with E-state index in [-0.39, 0.29) is 6.61 Å². The molecule has 51 heavy (non-hydrogen) atoms. The van der Waals surface area contributed by atoms with Crippen molar-refractivity contribution in [3.63, 3.8) is 0 Å². The summed E-state index contributed by atoms with van der Waals surface area (Å²) < 4.78 is 61.9. The van der Waals surface area contributed by atoms with Crippen molar-refractivity contribution >= 4 is 40.8 Å². The molecule has 11 atom stereocenters. The van der Waals surface area contributed by atoms with Crippen LogP contribution in [0.2, 0.25) is 0 Å². The molecule has 0 bridgehead atoms. The predicted molar refractivity (Wildman–Crippen MR) is 197 cm³/mol. The number of carbonyl (C=O) groups excluding carboxylic acids is 1. The third-order valence-electron chi connectivity index (χ3n) is 8.67. The van der Waals surface area contributed by atoms with E-state index in [0.717, 1.165) is 64.2 Å². The summed E-state index contributed by atoms with van der Waals surface area (Å²) >= 11 is 18.2. The predicted octanol–water partition coefficient (Wildman–Crippen LogP) is 7.00. The normalized spacial score (nSPS) is 30.7. The van der Waals surface area contributed by atoms with Gasteiger partial charge in [-0.1, -0.05) is 102 Å². The van der Waals surface area contributed by atoms with Gasteiger partial charge in [0.15, 0.2) is 24.9 Å². The van der Waals surface area contributed by atoms with Crippen LogP contribution in [0, 0.1) is 0 Å². The summed E-state index contributed by atoms with van der Waals surface area (Å²) in [5.41, 5.74) is 6.10. The highest BCUT2D eigenvalue weighted by Gasteiger charge is 2.55. The minimum atomic E-state index is -2.00. The summed E-state index contributed by atoms with van der Waals surface area (Å²) in [6, 6.07) is 0. The molecule has 0 radical (unpaired) electrons. The van der Waals surface area contributed by atoms with Crippen LogP contribution in [0.15, 0.2) is 0 Å². The average Bonchev–Trinajstić information content (AvgIpc) is 3.07. The molecular formula is C36H66Cl3NO11. The molecule has 2 rings (SSSR count). The fourth-order valence-electron chi connectivity index (χ4n) is 5.75. The number of alkyl halides is 3. The number of unbranched alkanes of at least 4 members (excludes halogenated alkanes) is 5. The number of esters is 1. The Morgan fingerprint density at radius 2 is 1.16 bits per heavy atom. The van der Waals surface area contributed by atoms with E-state index in [4.69, 9.17) is 87.9 Å². The molecule has 2 fully saturated rings. The van der Waals surface area contributed by atoms with Crippen molar-refractivity contribution in [1.29, 1.82) is 0 Å². The highest BCUT2D eigenvalue weighted by molar-refractivity contribution is 6.68. The van der Waals surface area contributed by atoms with Crippen LogP contribution in [0.4, 0.5) is 0 Å². The molecule has 2 saturated heterocycles. The van der Waals surface area contributed by atoms with Gasteiger partial charge in [0.1, 0.15) is 36.6 Å². The van der Waals surface area contributed by atoms with Crippen LogP contribution >= 0.6 is 34.8 Å². The molecule has 12 nitrogen and oxygen atoms in total. The quantitative estimate of drug-likeness (QED) is 0.0418. The Hall–Kier alpha value is -0.0600. The molecular weight excluding hydrogens is 729 g/mol. The van der Waals surface area contributed by atoms with Crippen molar-refractivity contribution in [2.45, 2.75) is 184 Å². The summed E-state index contributed by atoms with van der Waals surface area (Å²) in [5.74, 6) is -0.609. The lowest BCUT2D eigenvalue weighted by molar-refractivity contribution is -0.372. The van der Waals surface area contributed by atoms with Crippen LogP contribution in [0.5, 0.6) is 0 Å². The Labute approximate surface area is 321 Å². The van der Waals surface area contributed by atoms with Gasteiger partial charge in [0.05, 0.1) is 12.7 Å². The second kappa shape index (κ2) is 25.9. The highest BCUT2D eigenvalue weighted by atomic mass is 35.6. The minimum absolute atomic E-state index is 0.254. The molecule has 15 heteroatoms. The molecule has 0 saturated carbocycles. The fraction of sp³-hybridized carbons (Fsp3) is 0.972. The van der Waals surface area contributed by atoms with Gasteiger partial charge < -0.3 is 53.1 Å². The van der Waals surface area contributed by atoms with Crippen LogP contribution in [0.1, 0.15) is 113 Å². The first kappa shape index (κ1) is 47.1. The first-order valence-corrected chi connectivity index (χ1v) is 20.2. The molecule has 0 aliphatic carbocycles. The van der Waals surface area contributed by atoms with Crippen molar-refractivity contribution < 1.29 is 52.2 Å². The van der Waals surface area contributed by atoms with E-state index in [1.54, 1.807) is 0 Å². The average molecular weight is 795 g/mol. The van der Waals surface area contributed by atoms with Gasteiger partial charge in [-0.25, -0.2) is 0 Å². The molecule has 2 heterocycles. The third kappa shape index (κ3) is 16.3. The van der Waals surface area contributed by atoms with E-state index in [0.29, 0.717) is 33.0 Å². The van der Waals surface area contributed by atoms with Crippen molar-refractivity contribution in [1.82, 2.24) is 0 Å². The first-order valence-electron chi connectivity index (χ1n) is 19.1. The maximum absolute atomic E-state index is 12.6. The van der Waals surface area contributed by atoms with Crippen LogP contribution in [-0.4, -0.2) is 117 Å². The van der Waals surface area contributed by atoms with Gasteiger partial charge in [0.25, 0.3) is 0 Å². The van der Waals surface area contributed by atoms with Gasteiger partial charge in [0, 0.05) is 40.0 Å². The lowest BCUT2D eigenvalue weighted by Crippen LogP contribution is -2.66. The number of hydrogen-bond acceptors (Lipinski definition) is 12. The van der Waals surface area contributed by atoms with Crippen molar-refractivity contribution in [2.24, 2.45) is 5.73 Å². The van der Waals surface area contributed by atoms with Gasteiger partial charge in [-0.15, -0.1) is 0 Å². The van der Waals surface area contributed by atoms with Gasteiger partial charge in [0.2, 0.25) is 3.79 Å². The third-order valence-corrected chi connectivity index (χ3v) is 9.32. The summed E-state index contributed by atoms with van der Waals surface area (Å²) in [7, 11) is 0. The molecule has 302 valence electrons. The SMILES string of the molecule is CCCCOCC1O[C@H](OC2C(OC(C)=O)[C@H](OC(N)C(Cl)(Cl)Cl)OC(C)[C@@H]2OCCCC)C(OCCCC)C(OCCCC)[C@@H]1OCCCC. The van der Waals surface area contributed by atoms with Crippen molar-refractivity contribution in [2.75, 3.05) is 39.6 Å². The van der Waals surface area contributed by atoms with Gasteiger partial charge in [-0.05, 0) is 39.0 Å². The number of carbonyl (C=O) groups is 1. The number of hydrogen-bond donors (Lipinski definition) is 1. The zero-order chi connectivity index (χ0) is 37.8. The second-order valence-corrected chi connectivity index (χ2v) is 15.6. The maximum Gasteiger partial charge on any atom is 0.303 e. The molecule has 7 unspecified atom stereocenters. The Balaban J connectivity index is 2.64. The standard InChI is InChI=1S/C36H66Cl3NO11/c1-8-13-18-42-23-26-28(44-20-15-10-3)29(45-21-16-11-4)31(46-22-17-12-5)33(49-26)50-30-27(43-19-14-9-2)24(6)47-34(32(30)48-25(7)41)51-35(40)36(37,38)39/h24,26-35H,8-23,40H2,1-7H3/t24?,26?,27-,28+,29?,30?,31?,32?,33+,34-,35?/m0/s1. The summed E-state index contributed by atoms with van der Waals surface area (Å²) in [6.07, 6.45) is -0.587. The monoisotopic (exact) mass is 793 g/mol. The second-order valence-electron chi connectivity index (χ2n) is 13.2. The van der Waals surface area contributed by atoms with Gasteiger partial charge >= 0.3 is 5.97 Å². The lowest BCUT2D eigenvalue weighted by atomic mass is 9.96. The Morgan fingerprint density at radius 1 is 0.667 bits per heavy atom. The number of nitrogens with two attached hydrogens (primary N) is 1.